The van der Waals surface area contributed by atoms with Gasteiger partial charge < -0.3 is 10.0 Å². The zero-order chi connectivity index (χ0) is 8.27. The molecule has 1 unspecified atom stereocenters. The maximum absolute atomic E-state index is 9.48. The third-order valence-corrected chi connectivity index (χ3v) is 2.21. The summed E-state index contributed by atoms with van der Waals surface area (Å²) in [5.74, 6) is 0.854. The van der Waals surface area contributed by atoms with Crippen molar-refractivity contribution >= 4 is 0 Å². The highest BCUT2D eigenvalue weighted by atomic mass is 16.3. The largest absolute Gasteiger partial charge is 0.393 e. The van der Waals surface area contributed by atoms with Gasteiger partial charge in [-0.2, -0.15) is 0 Å². The van der Waals surface area contributed by atoms with Crippen LogP contribution in [-0.2, 0) is 0 Å². The first kappa shape index (κ1) is 9.01. The van der Waals surface area contributed by atoms with E-state index < -0.39 is 0 Å². The Bertz CT molecular complexity index is 110. The average molecular weight is 157 g/mol. The maximum Gasteiger partial charge on any atom is 0.0555 e. The van der Waals surface area contributed by atoms with Crippen LogP contribution in [0, 0.1) is 5.92 Å². The molecule has 2 heteroatoms. The highest BCUT2D eigenvalue weighted by Crippen LogP contribution is 2.33. The quantitative estimate of drug-likeness (QED) is 0.646. The van der Waals surface area contributed by atoms with E-state index >= 15 is 0 Å². The monoisotopic (exact) mass is 157 g/mol. The van der Waals surface area contributed by atoms with Gasteiger partial charge in [0.15, 0.2) is 0 Å². The van der Waals surface area contributed by atoms with Crippen LogP contribution in [0.5, 0.6) is 0 Å². The number of rotatable bonds is 5. The molecule has 0 aliphatic heterocycles. The molecule has 1 N–H and O–H groups in total. The van der Waals surface area contributed by atoms with Crippen molar-refractivity contribution in [1.82, 2.24) is 4.90 Å². The molecule has 0 spiro atoms. The minimum atomic E-state index is -0.0510. The Labute approximate surface area is 69.2 Å². The zero-order valence-electron chi connectivity index (χ0n) is 7.58. The van der Waals surface area contributed by atoms with Gasteiger partial charge >= 0.3 is 0 Å². The van der Waals surface area contributed by atoms with Gasteiger partial charge in [0, 0.05) is 0 Å². The molecule has 66 valence electrons. The van der Waals surface area contributed by atoms with Gasteiger partial charge in [-0.15, -0.1) is 0 Å². The molecule has 0 aromatic carbocycles. The predicted molar refractivity (Wildman–Crippen MR) is 46.5 cm³/mol. The number of hydrogen-bond acceptors (Lipinski definition) is 2. The summed E-state index contributed by atoms with van der Waals surface area (Å²) in [5, 5.41) is 9.48. The molecule has 0 aromatic rings. The fraction of sp³-hybridized carbons (Fsp3) is 1.00. The van der Waals surface area contributed by atoms with Crippen molar-refractivity contribution in [2.24, 2.45) is 5.92 Å². The van der Waals surface area contributed by atoms with Gasteiger partial charge in [-0.3, -0.25) is 0 Å². The van der Waals surface area contributed by atoms with Crippen molar-refractivity contribution in [3.8, 4) is 0 Å². The maximum atomic E-state index is 9.48. The van der Waals surface area contributed by atoms with E-state index in [-0.39, 0.29) is 6.10 Å². The minimum Gasteiger partial charge on any atom is -0.393 e. The van der Waals surface area contributed by atoms with Crippen LogP contribution in [0.3, 0.4) is 0 Å². The van der Waals surface area contributed by atoms with Crippen molar-refractivity contribution < 1.29 is 5.11 Å². The van der Waals surface area contributed by atoms with Crippen molar-refractivity contribution in [1.29, 1.82) is 0 Å². The second kappa shape index (κ2) is 4.07. The van der Waals surface area contributed by atoms with Gasteiger partial charge in [-0.05, 0) is 39.4 Å². The molecule has 0 amide bonds. The van der Waals surface area contributed by atoms with Crippen LogP contribution in [0.2, 0.25) is 0 Å². The molecule has 0 heterocycles. The van der Waals surface area contributed by atoms with Crippen molar-refractivity contribution in [2.45, 2.75) is 31.8 Å². The van der Waals surface area contributed by atoms with E-state index in [2.05, 4.69) is 4.90 Å². The highest BCUT2D eigenvalue weighted by molar-refractivity contribution is 4.76. The molecule has 1 fully saturated rings. The number of nitrogens with zero attached hydrogens (tertiary/aromatic N) is 1. The average Bonchev–Trinajstić information content (AvgIpc) is 2.67. The number of hydrogen-bond donors (Lipinski definition) is 1. The summed E-state index contributed by atoms with van der Waals surface area (Å²) >= 11 is 0. The molecule has 1 rings (SSSR count). The lowest BCUT2D eigenvalue weighted by Gasteiger charge is -2.13. The second-order valence-corrected chi connectivity index (χ2v) is 3.92. The number of aliphatic hydroxyl groups is 1. The Morgan fingerprint density at radius 3 is 2.55 bits per heavy atom. The van der Waals surface area contributed by atoms with E-state index in [1.54, 1.807) is 0 Å². The lowest BCUT2D eigenvalue weighted by atomic mass is 10.1. The van der Waals surface area contributed by atoms with Crippen LogP contribution in [0.1, 0.15) is 25.7 Å². The highest BCUT2D eigenvalue weighted by Gasteiger charge is 2.24. The normalized spacial score (nSPS) is 20.7. The van der Waals surface area contributed by atoms with Crippen LogP contribution < -0.4 is 0 Å². The summed E-state index contributed by atoms with van der Waals surface area (Å²) in [7, 11) is 4.09. The Hall–Kier alpha value is -0.0800. The van der Waals surface area contributed by atoms with Crippen LogP contribution >= 0.6 is 0 Å². The van der Waals surface area contributed by atoms with Crippen LogP contribution in [0.15, 0.2) is 0 Å². The summed E-state index contributed by atoms with van der Waals surface area (Å²) < 4.78 is 0. The smallest absolute Gasteiger partial charge is 0.0555 e. The molecule has 1 saturated carbocycles. The molecule has 0 aromatic heterocycles. The fourth-order valence-corrected chi connectivity index (χ4v) is 1.26. The van der Waals surface area contributed by atoms with Crippen LogP contribution in [-0.4, -0.2) is 36.8 Å². The van der Waals surface area contributed by atoms with Gasteiger partial charge in [0.2, 0.25) is 0 Å². The first-order valence-corrected chi connectivity index (χ1v) is 4.51. The molecule has 0 bridgehead atoms. The Kier molecular flexibility index (Phi) is 3.34. The van der Waals surface area contributed by atoms with Gasteiger partial charge in [0.25, 0.3) is 0 Å². The fourth-order valence-electron chi connectivity index (χ4n) is 1.26. The van der Waals surface area contributed by atoms with Gasteiger partial charge in [-0.1, -0.05) is 12.8 Å². The Morgan fingerprint density at radius 2 is 2.09 bits per heavy atom. The first-order chi connectivity index (χ1) is 5.18. The van der Waals surface area contributed by atoms with E-state index in [1.165, 1.54) is 12.8 Å². The third-order valence-electron chi connectivity index (χ3n) is 2.21. The first-order valence-electron chi connectivity index (χ1n) is 4.51. The van der Waals surface area contributed by atoms with Crippen LogP contribution in [0.4, 0.5) is 0 Å². The van der Waals surface area contributed by atoms with Crippen molar-refractivity contribution in [3.63, 3.8) is 0 Å². The second-order valence-electron chi connectivity index (χ2n) is 3.92. The molecule has 1 aliphatic rings. The van der Waals surface area contributed by atoms with Gasteiger partial charge in [0.05, 0.1) is 6.10 Å². The molecule has 1 aliphatic carbocycles. The zero-order valence-corrected chi connectivity index (χ0v) is 7.58. The molecule has 1 atom stereocenters. The van der Waals surface area contributed by atoms with Gasteiger partial charge in [0.1, 0.15) is 0 Å². The standard InChI is InChI=1S/C9H19NO/c1-10(2)6-5-9(11)7-8-3-4-8/h8-9,11H,3-7H2,1-2H3. The van der Waals surface area contributed by atoms with E-state index in [1.807, 2.05) is 14.1 Å². The molecule has 0 saturated heterocycles. The minimum absolute atomic E-state index is 0.0510. The van der Waals surface area contributed by atoms with E-state index in [4.69, 9.17) is 0 Å². The Morgan fingerprint density at radius 1 is 1.45 bits per heavy atom. The molecular formula is C9H19NO. The van der Waals surface area contributed by atoms with Crippen molar-refractivity contribution in [3.05, 3.63) is 0 Å². The lowest BCUT2D eigenvalue weighted by Crippen LogP contribution is -2.19. The molecule has 11 heavy (non-hydrogen) atoms. The SMILES string of the molecule is CN(C)CCC(O)CC1CC1. The summed E-state index contributed by atoms with van der Waals surface area (Å²) in [6.07, 6.45) is 4.61. The van der Waals surface area contributed by atoms with E-state index in [9.17, 15) is 5.11 Å². The van der Waals surface area contributed by atoms with E-state index in [0.717, 1.165) is 25.3 Å². The van der Waals surface area contributed by atoms with Crippen molar-refractivity contribution in [2.75, 3.05) is 20.6 Å². The van der Waals surface area contributed by atoms with Gasteiger partial charge in [-0.25, -0.2) is 0 Å². The lowest BCUT2D eigenvalue weighted by molar-refractivity contribution is 0.137. The topological polar surface area (TPSA) is 23.5 Å². The van der Waals surface area contributed by atoms with Crippen LogP contribution in [0.25, 0.3) is 0 Å². The molecule has 2 nitrogen and oxygen atoms in total. The summed E-state index contributed by atoms with van der Waals surface area (Å²) in [4.78, 5) is 2.12. The summed E-state index contributed by atoms with van der Waals surface area (Å²) in [6.45, 7) is 1.01. The van der Waals surface area contributed by atoms with E-state index in [0.29, 0.717) is 0 Å². The summed E-state index contributed by atoms with van der Waals surface area (Å²) in [5.41, 5.74) is 0. The predicted octanol–water partition coefficient (Wildman–Crippen LogP) is 1.10. The Balaban J connectivity index is 1.95. The molecular weight excluding hydrogens is 138 g/mol. The third kappa shape index (κ3) is 4.38. The molecule has 0 radical (unpaired) electrons. The summed E-state index contributed by atoms with van der Waals surface area (Å²) in [6, 6.07) is 0. The number of aliphatic hydroxyl groups excluding tert-OH is 1.